The Morgan fingerprint density at radius 2 is 1.17 bits per heavy atom. The fraction of sp³-hybridized carbons (Fsp3) is 0.596. The maximum absolute atomic E-state index is 14.7. The molecule has 0 bridgehead atoms. The van der Waals surface area contributed by atoms with E-state index in [9.17, 15) is 78.0 Å². The Kier molecular flexibility index (Phi) is 26.7. The number of aliphatic hydroxyl groups is 1. The van der Waals surface area contributed by atoms with E-state index >= 15 is 0 Å². The highest BCUT2D eigenvalue weighted by Gasteiger charge is 2.41. The largest absolute Gasteiger partial charge is 0.508 e. The molecule has 1 aliphatic heterocycles. The molecule has 1 saturated heterocycles. The van der Waals surface area contributed by atoms with Crippen molar-refractivity contribution in [1.29, 1.82) is 0 Å². The standard InChI is InChI=1S/C47H74N14O16/c1-22(2)36(50)43(73)59-31(21-62)41(71)54-26(7-5-17-53-47(51)52)38(68)57-29(20-34(49)65)40(70)58-30(19-24-9-11-25(63)12-10-24)45(75)61-18-6-8-32(61)42(72)55-27(14-16-35(66)67)39(69)60-37(23(3)4)44(74)56-28(46(76)77)13-15-33(48)64/h9-12,22-23,26-32,36-37,62-63H,5-8,13-21,50H2,1-4H3,(H2,48,64)(H2,49,65)(H,54,71)(H,55,72)(H,56,74)(H,57,68)(H,58,70)(H,59,73)(H,60,69)(H,66,67)(H,76,77)(H4,51,52,53)/t26-,27-,28-,29-,30-,31-,32-,36-,37-/m0/s1. The van der Waals surface area contributed by atoms with Crippen LogP contribution in [0.1, 0.15) is 91.0 Å². The molecule has 2 rings (SSSR count). The van der Waals surface area contributed by atoms with Crippen LogP contribution < -0.4 is 65.9 Å². The molecule has 1 fully saturated rings. The lowest BCUT2D eigenvalue weighted by molar-refractivity contribution is -0.143. The van der Waals surface area contributed by atoms with Crippen LogP contribution >= 0.6 is 0 Å². The van der Waals surface area contributed by atoms with Gasteiger partial charge in [0.15, 0.2) is 5.96 Å². The van der Waals surface area contributed by atoms with Gasteiger partial charge in [0, 0.05) is 32.4 Å². The van der Waals surface area contributed by atoms with Crippen LogP contribution in [0.25, 0.3) is 0 Å². The van der Waals surface area contributed by atoms with E-state index in [0.717, 1.165) is 4.90 Å². The number of aliphatic imine (C=N–C) groups is 1. The first-order valence-electron chi connectivity index (χ1n) is 24.7. The molecular weight excluding hydrogens is 1020 g/mol. The summed E-state index contributed by atoms with van der Waals surface area (Å²) in [6, 6.07) is -8.22. The zero-order valence-corrected chi connectivity index (χ0v) is 43.3. The highest BCUT2D eigenvalue weighted by atomic mass is 16.4. The van der Waals surface area contributed by atoms with Crippen LogP contribution in [0.4, 0.5) is 0 Å². The Bertz CT molecular complexity index is 2310. The number of nitrogens with two attached hydrogens (primary N) is 5. The van der Waals surface area contributed by atoms with Crippen LogP contribution in [0.5, 0.6) is 5.75 Å². The topological polar surface area (TPSA) is 516 Å². The summed E-state index contributed by atoms with van der Waals surface area (Å²) in [5.74, 6) is -14.2. The van der Waals surface area contributed by atoms with E-state index in [1.54, 1.807) is 13.8 Å². The molecule has 0 radical (unpaired) electrons. The van der Waals surface area contributed by atoms with Gasteiger partial charge < -0.3 is 91.2 Å². The summed E-state index contributed by atoms with van der Waals surface area (Å²) in [6.45, 7) is 5.25. The Morgan fingerprint density at radius 1 is 0.636 bits per heavy atom. The number of amides is 10. The molecular formula is C47H74N14O16. The number of primary amides is 2. The fourth-order valence-corrected chi connectivity index (χ4v) is 7.73. The quantitative estimate of drug-likeness (QED) is 0.0177. The number of hydrogen-bond donors (Lipinski definition) is 16. The SMILES string of the molecule is CC(C)[C@H](N)C(=O)N[C@@H](CO)C(=O)N[C@@H](CCCN=C(N)N)C(=O)N[C@@H](CC(N)=O)C(=O)N[C@@H](Cc1ccc(O)cc1)C(=O)N1CCC[C@H]1C(=O)N[C@@H](CCC(=O)O)C(=O)N[C@H](C(=O)N[C@@H](CCC(N)=O)C(=O)O)C(C)C. The van der Waals surface area contributed by atoms with Crippen LogP contribution in [0.3, 0.4) is 0 Å². The highest BCUT2D eigenvalue weighted by molar-refractivity contribution is 5.99. The zero-order chi connectivity index (χ0) is 58.3. The van der Waals surface area contributed by atoms with E-state index < -0.39 is 164 Å². The van der Waals surface area contributed by atoms with Gasteiger partial charge in [0.25, 0.3) is 0 Å². The van der Waals surface area contributed by atoms with Gasteiger partial charge in [0.1, 0.15) is 54.1 Å². The second-order valence-electron chi connectivity index (χ2n) is 19.0. The first-order chi connectivity index (χ1) is 36.1. The molecule has 30 heteroatoms. The molecule has 21 N–H and O–H groups in total. The number of nitrogens with one attached hydrogen (secondary N) is 7. The van der Waals surface area contributed by atoms with Gasteiger partial charge in [-0.1, -0.05) is 39.8 Å². The molecule has 10 amide bonds. The predicted molar refractivity (Wildman–Crippen MR) is 271 cm³/mol. The van der Waals surface area contributed by atoms with Crippen LogP contribution in [-0.2, 0) is 64.0 Å². The van der Waals surface area contributed by atoms with Gasteiger partial charge in [0.2, 0.25) is 59.1 Å². The number of carboxylic acids is 2. The van der Waals surface area contributed by atoms with E-state index in [2.05, 4.69) is 42.2 Å². The number of phenols is 1. The summed E-state index contributed by atoms with van der Waals surface area (Å²) in [5, 5.41) is 55.8. The Balaban J connectivity index is 2.50. The number of phenolic OH excluding ortho intramolecular Hbond substituents is 1. The van der Waals surface area contributed by atoms with Gasteiger partial charge in [0.05, 0.1) is 19.1 Å². The second kappa shape index (κ2) is 31.7. The molecule has 0 spiro atoms. The molecule has 77 heavy (non-hydrogen) atoms. The van der Waals surface area contributed by atoms with Crippen molar-refractivity contribution in [3.63, 3.8) is 0 Å². The van der Waals surface area contributed by atoms with Crippen molar-refractivity contribution in [2.45, 2.75) is 146 Å². The summed E-state index contributed by atoms with van der Waals surface area (Å²) in [5.41, 5.74) is 27.7. The number of guanidine groups is 1. The Hall–Kier alpha value is -8.15. The van der Waals surface area contributed by atoms with Gasteiger partial charge in [-0.2, -0.15) is 0 Å². The lowest BCUT2D eigenvalue weighted by Crippen LogP contribution is -2.61. The third-order valence-electron chi connectivity index (χ3n) is 12.1. The smallest absolute Gasteiger partial charge is 0.326 e. The molecule has 0 saturated carbocycles. The predicted octanol–water partition coefficient (Wildman–Crippen LogP) is -5.91. The summed E-state index contributed by atoms with van der Waals surface area (Å²) in [7, 11) is 0. The number of nitrogens with zero attached hydrogens (tertiary/aromatic N) is 2. The maximum Gasteiger partial charge on any atom is 0.326 e. The number of carbonyl (C=O) groups excluding carboxylic acids is 10. The average Bonchev–Trinajstić information content (AvgIpc) is 3.85. The average molecular weight is 1090 g/mol. The number of hydrogen-bond acceptors (Lipinski definition) is 16. The van der Waals surface area contributed by atoms with Gasteiger partial charge in [-0.05, 0) is 68.1 Å². The zero-order valence-electron chi connectivity index (χ0n) is 43.3. The molecule has 1 aliphatic rings. The van der Waals surface area contributed by atoms with E-state index in [1.165, 1.54) is 38.1 Å². The minimum atomic E-state index is -1.84. The first-order valence-corrected chi connectivity index (χ1v) is 24.7. The van der Waals surface area contributed by atoms with Crippen molar-refractivity contribution < 1.29 is 78.0 Å². The van der Waals surface area contributed by atoms with E-state index in [1.807, 2.05) is 0 Å². The van der Waals surface area contributed by atoms with Crippen molar-refractivity contribution in [2.75, 3.05) is 19.7 Å². The van der Waals surface area contributed by atoms with Crippen molar-refractivity contribution in [2.24, 2.45) is 45.5 Å². The highest BCUT2D eigenvalue weighted by Crippen LogP contribution is 2.22. The van der Waals surface area contributed by atoms with Crippen molar-refractivity contribution in [3.8, 4) is 5.75 Å². The number of aliphatic carboxylic acids is 2. The van der Waals surface area contributed by atoms with Crippen LogP contribution in [0, 0.1) is 11.8 Å². The summed E-state index contributed by atoms with van der Waals surface area (Å²) in [6.07, 6.45) is -3.10. The Morgan fingerprint density at radius 3 is 1.71 bits per heavy atom. The number of likely N-dealkylation sites (tertiary alicyclic amines) is 1. The number of benzene rings is 1. The van der Waals surface area contributed by atoms with Crippen LogP contribution in [0.2, 0.25) is 0 Å². The lowest BCUT2D eigenvalue weighted by Gasteiger charge is -2.31. The number of aromatic hydroxyl groups is 1. The van der Waals surface area contributed by atoms with E-state index in [0.29, 0.717) is 5.56 Å². The lowest BCUT2D eigenvalue weighted by atomic mass is 10.0. The molecule has 0 unspecified atom stereocenters. The first kappa shape index (κ1) is 65.0. The molecule has 1 heterocycles. The van der Waals surface area contributed by atoms with Gasteiger partial charge >= 0.3 is 11.9 Å². The van der Waals surface area contributed by atoms with Crippen molar-refractivity contribution in [3.05, 3.63) is 29.8 Å². The Labute approximate surface area is 443 Å². The van der Waals surface area contributed by atoms with Crippen molar-refractivity contribution in [1.82, 2.24) is 42.1 Å². The maximum atomic E-state index is 14.7. The van der Waals surface area contributed by atoms with Gasteiger partial charge in [-0.15, -0.1) is 0 Å². The molecule has 9 atom stereocenters. The minimum absolute atomic E-state index is 0.00831. The summed E-state index contributed by atoms with van der Waals surface area (Å²) in [4.78, 5) is 162. The number of carbonyl (C=O) groups is 12. The normalized spacial score (nSPS) is 16.2. The summed E-state index contributed by atoms with van der Waals surface area (Å²) >= 11 is 0. The molecule has 1 aromatic rings. The third kappa shape index (κ3) is 22.3. The second-order valence-corrected chi connectivity index (χ2v) is 19.0. The van der Waals surface area contributed by atoms with Crippen LogP contribution in [0.15, 0.2) is 29.3 Å². The fourth-order valence-electron chi connectivity index (χ4n) is 7.73. The van der Waals surface area contributed by atoms with E-state index in [4.69, 9.17) is 28.7 Å². The molecule has 0 aliphatic carbocycles. The molecule has 0 aromatic heterocycles. The number of aliphatic hydroxyl groups excluding tert-OH is 1. The third-order valence-corrected chi connectivity index (χ3v) is 12.1. The number of carboxylic acid groups (broad SMARTS) is 2. The number of rotatable bonds is 33. The van der Waals surface area contributed by atoms with Gasteiger partial charge in [-0.25, -0.2) is 4.79 Å². The monoisotopic (exact) mass is 1090 g/mol. The van der Waals surface area contributed by atoms with Crippen LogP contribution in [-0.4, -0.2) is 176 Å². The molecule has 428 valence electrons. The van der Waals surface area contributed by atoms with Crippen molar-refractivity contribution >= 4 is 77.0 Å². The minimum Gasteiger partial charge on any atom is -0.508 e. The molecule has 1 aromatic carbocycles. The van der Waals surface area contributed by atoms with Gasteiger partial charge in [-0.3, -0.25) is 57.7 Å². The van der Waals surface area contributed by atoms with E-state index in [-0.39, 0.29) is 69.2 Å². The molecule has 30 nitrogen and oxygen atoms in total. The summed E-state index contributed by atoms with van der Waals surface area (Å²) < 4.78 is 0.